The Hall–Kier alpha value is -0.190. The van der Waals surface area contributed by atoms with Gasteiger partial charge in [0.25, 0.3) is 0 Å². The van der Waals surface area contributed by atoms with Crippen LogP contribution in [0.15, 0.2) is 11.4 Å². The van der Waals surface area contributed by atoms with Gasteiger partial charge in [0.2, 0.25) is 0 Å². The molecule has 0 atom stereocenters. The fraction of sp³-hybridized carbons (Fsp3) is 0.571. The summed E-state index contributed by atoms with van der Waals surface area (Å²) in [6.07, 6.45) is 3.02. The van der Waals surface area contributed by atoms with Crippen molar-refractivity contribution in [2.45, 2.75) is 18.1 Å². The molecule has 2 rings (SSSR count). The highest BCUT2D eigenvalue weighted by atomic mass is 35.5. The fourth-order valence-electron chi connectivity index (χ4n) is 1.23. The number of fused-ring (bicyclic) bond motifs is 1. The van der Waals surface area contributed by atoms with Gasteiger partial charge in [-0.25, -0.2) is 4.98 Å². The zero-order chi connectivity index (χ0) is 7.68. The van der Waals surface area contributed by atoms with Gasteiger partial charge < -0.3 is 10.3 Å². The average molecular weight is 206 g/mol. The summed E-state index contributed by atoms with van der Waals surface area (Å²) < 4.78 is 2.20. The molecule has 2 heterocycles. The largest absolute Gasteiger partial charge is 0.330 e. The predicted octanol–water partition coefficient (Wildman–Crippen LogP) is 0.912. The van der Waals surface area contributed by atoms with E-state index in [4.69, 9.17) is 5.73 Å². The van der Waals surface area contributed by atoms with Crippen LogP contribution in [0.5, 0.6) is 0 Å². The van der Waals surface area contributed by atoms with E-state index in [-0.39, 0.29) is 12.4 Å². The topological polar surface area (TPSA) is 43.8 Å². The van der Waals surface area contributed by atoms with E-state index in [0.717, 1.165) is 23.8 Å². The second-order valence-electron chi connectivity index (χ2n) is 2.60. The van der Waals surface area contributed by atoms with Gasteiger partial charge in [0, 0.05) is 24.9 Å². The zero-order valence-electron chi connectivity index (χ0n) is 6.69. The third-order valence-corrected chi connectivity index (χ3v) is 2.72. The molecule has 0 saturated heterocycles. The highest BCUT2D eigenvalue weighted by Gasteiger charge is 2.13. The van der Waals surface area contributed by atoms with E-state index >= 15 is 0 Å². The van der Waals surface area contributed by atoms with Crippen LogP contribution in [-0.2, 0) is 13.0 Å². The molecule has 0 spiro atoms. The molecule has 0 aromatic carbocycles. The molecule has 12 heavy (non-hydrogen) atoms. The van der Waals surface area contributed by atoms with Crippen LogP contribution in [0.4, 0.5) is 0 Å². The normalized spacial score (nSPS) is 14.1. The molecule has 68 valence electrons. The van der Waals surface area contributed by atoms with Crippen LogP contribution in [-0.4, -0.2) is 21.8 Å². The lowest BCUT2D eigenvalue weighted by Gasteiger charge is -1.90. The minimum Gasteiger partial charge on any atom is -0.330 e. The summed E-state index contributed by atoms with van der Waals surface area (Å²) in [4.78, 5) is 4.43. The molecule has 1 aliphatic heterocycles. The Morgan fingerprint density at radius 1 is 1.67 bits per heavy atom. The number of rotatable bonds is 2. The lowest BCUT2D eigenvalue weighted by atomic mass is 10.3. The van der Waals surface area contributed by atoms with Crippen LogP contribution in [0.2, 0.25) is 0 Å². The van der Waals surface area contributed by atoms with Crippen molar-refractivity contribution in [1.29, 1.82) is 0 Å². The summed E-state index contributed by atoms with van der Waals surface area (Å²) in [7, 11) is 0. The van der Waals surface area contributed by atoms with Crippen molar-refractivity contribution in [3.8, 4) is 0 Å². The van der Waals surface area contributed by atoms with Crippen LogP contribution in [0.25, 0.3) is 0 Å². The van der Waals surface area contributed by atoms with E-state index in [0.29, 0.717) is 6.54 Å². The van der Waals surface area contributed by atoms with Gasteiger partial charge in [-0.3, -0.25) is 0 Å². The van der Waals surface area contributed by atoms with Crippen LogP contribution in [0.3, 0.4) is 0 Å². The summed E-state index contributed by atoms with van der Waals surface area (Å²) in [5.41, 5.74) is 6.56. The molecule has 0 bridgehead atoms. The highest BCUT2D eigenvalue weighted by molar-refractivity contribution is 7.99. The number of thioether (sulfide) groups is 1. The van der Waals surface area contributed by atoms with E-state index in [1.54, 1.807) is 0 Å². The van der Waals surface area contributed by atoms with Crippen LogP contribution in [0.1, 0.15) is 5.69 Å². The Morgan fingerprint density at radius 3 is 3.17 bits per heavy atom. The highest BCUT2D eigenvalue weighted by Crippen LogP contribution is 2.24. The third-order valence-electron chi connectivity index (χ3n) is 1.75. The second-order valence-corrected chi connectivity index (χ2v) is 3.66. The summed E-state index contributed by atoms with van der Waals surface area (Å²) >= 11 is 1.83. The first-order valence-electron chi connectivity index (χ1n) is 3.79. The van der Waals surface area contributed by atoms with Crippen LogP contribution >= 0.6 is 24.2 Å². The molecular formula is C7H12ClN3S. The first-order chi connectivity index (χ1) is 5.40. The van der Waals surface area contributed by atoms with Gasteiger partial charge >= 0.3 is 0 Å². The maximum atomic E-state index is 5.42. The summed E-state index contributed by atoms with van der Waals surface area (Å²) in [5.74, 6) is 1.17. The number of halogens is 1. The number of hydrogen-bond acceptors (Lipinski definition) is 3. The van der Waals surface area contributed by atoms with Gasteiger partial charge in [-0.2, -0.15) is 0 Å². The fourth-order valence-corrected chi connectivity index (χ4v) is 2.19. The van der Waals surface area contributed by atoms with Gasteiger partial charge in [-0.05, 0) is 6.54 Å². The molecule has 1 aromatic heterocycles. The second kappa shape index (κ2) is 4.16. The van der Waals surface area contributed by atoms with Crippen molar-refractivity contribution in [3.05, 3.63) is 11.9 Å². The molecule has 2 N–H and O–H groups in total. The van der Waals surface area contributed by atoms with Crippen molar-refractivity contribution in [2.75, 3.05) is 12.3 Å². The summed E-state index contributed by atoms with van der Waals surface area (Å²) in [6, 6.07) is 0. The lowest BCUT2D eigenvalue weighted by Crippen LogP contribution is -2.02. The molecule has 0 fully saturated rings. The third kappa shape index (κ3) is 1.76. The smallest absolute Gasteiger partial charge is 0.168 e. The van der Waals surface area contributed by atoms with Gasteiger partial charge in [0.05, 0.1) is 5.69 Å². The van der Waals surface area contributed by atoms with E-state index in [1.165, 1.54) is 5.75 Å². The van der Waals surface area contributed by atoms with Crippen LogP contribution in [0, 0.1) is 0 Å². The molecule has 1 aliphatic rings. The van der Waals surface area contributed by atoms with Crippen molar-refractivity contribution < 1.29 is 0 Å². The average Bonchev–Trinajstić information content (AvgIpc) is 2.46. The quantitative estimate of drug-likeness (QED) is 0.781. The Kier molecular flexibility index (Phi) is 3.43. The Labute approximate surface area is 82.1 Å². The van der Waals surface area contributed by atoms with Crippen molar-refractivity contribution in [2.24, 2.45) is 5.73 Å². The molecule has 1 aromatic rings. The van der Waals surface area contributed by atoms with Gasteiger partial charge in [-0.1, -0.05) is 11.8 Å². The van der Waals surface area contributed by atoms with E-state index in [2.05, 4.69) is 15.7 Å². The number of nitrogens with zero attached hydrogens (tertiary/aromatic N) is 2. The maximum Gasteiger partial charge on any atom is 0.168 e. The van der Waals surface area contributed by atoms with Crippen molar-refractivity contribution in [1.82, 2.24) is 9.55 Å². The van der Waals surface area contributed by atoms with Gasteiger partial charge in [0.1, 0.15) is 0 Å². The summed E-state index contributed by atoms with van der Waals surface area (Å²) in [5, 5.41) is 1.16. The molecule has 0 unspecified atom stereocenters. The molecule has 0 amide bonds. The lowest BCUT2D eigenvalue weighted by molar-refractivity contribution is 0.719. The molecule has 5 heteroatoms. The molecular weight excluding hydrogens is 194 g/mol. The van der Waals surface area contributed by atoms with Gasteiger partial charge in [-0.15, -0.1) is 12.4 Å². The van der Waals surface area contributed by atoms with Gasteiger partial charge in [0.15, 0.2) is 5.16 Å². The number of aromatic nitrogens is 2. The first-order valence-corrected chi connectivity index (χ1v) is 4.77. The number of hydrogen-bond donors (Lipinski definition) is 1. The van der Waals surface area contributed by atoms with Crippen LogP contribution < -0.4 is 5.73 Å². The maximum absolute atomic E-state index is 5.42. The SMILES string of the molecule is Cl.NCCc1cn2c(n1)SCC2. The zero-order valence-corrected chi connectivity index (χ0v) is 8.33. The Morgan fingerprint density at radius 2 is 2.50 bits per heavy atom. The minimum atomic E-state index is 0. The van der Waals surface area contributed by atoms with E-state index < -0.39 is 0 Å². The number of nitrogens with two attached hydrogens (primary N) is 1. The molecule has 0 radical (unpaired) electrons. The standard InChI is InChI=1S/C7H11N3S.ClH/c8-2-1-6-5-10-3-4-11-7(10)9-6;/h5H,1-4,8H2;1H. The summed E-state index contributed by atoms with van der Waals surface area (Å²) in [6.45, 7) is 1.80. The molecule has 3 nitrogen and oxygen atoms in total. The van der Waals surface area contributed by atoms with E-state index in [1.807, 2.05) is 11.8 Å². The van der Waals surface area contributed by atoms with Crippen molar-refractivity contribution in [3.63, 3.8) is 0 Å². The Bertz CT molecular complexity index is 240. The monoisotopic (exact) mass is 205 g/mol. The molecule has 0 aliphatic carbocycles. The number of imidazole rings is 1. The minimum absolute atomic E-state index is 0. The predicted molar refractivity (Wildman–Crippen MR) is 53.0 cm³/mol. The Balaban J connectivity index is 0.000000720. The first kappa shape index (κ1) is 9.89. The molecule has 0 saturated carbocycles. The number of aryl methyl sites for hydroxylation is 1. The van der Waals surface area contributed by atoms with Crippen molar-refractivity contribution >= 4 is 24.2 Å². The van der Waals surface area contributed by atoms with E-state index in [9.17, 15) is 0 Å².